The van der Waals surface area contributed by atoms with Crippen molar-refractivity contribution in [2.45, 2.75) is 40.0 Å². The SMILES string of the molecule is Cc1cccc(C(CCN)c2cccc(C)c2C)c1C. The molecule has 0 aliphatic carbocycles. The van der Waals surface area contributed by atoms with Gasteiger partial charge in [0, 0.05) is 5.92 Å². The van der Waals surface area contributed by atoms with Crippen LogP contribution in [0.5, 0.6) is 0 Å². The summed E-state index contributed by atoms with van der Waals surface area (Å²) in [4.78, 5) is 0. The number of aryl methyl sites for hydroxylation is 2. The lowest BCUT2D eigenvalue weighted by Crippen LogP contribution is -2.12. The zero-order chi connectivity index (χ0) is 14.7. The summed E-state index contributed by atoms with van der Waals surface area (Å²) >= 11 is 0. The normalized spacial score (nSPS) is 11.1. The van der Waals surface area contributed by atoms with Crippen LogP contribution in [-0.2, 0) is 0 Å². The third-order valence-electron chi connectivity index (χ3n) is 4.50. The molecule has 0 aromatic heterocycles. The minimum Gasteiger partial charge on any atom is -0.330 e. The van der Waals surface area contributed by atoms with Crippen LogP contribution < -0.4 is 5.73 Å². The summed E-state index contributed by atoms with van der Waals surface area (Å²) in [7, 11) is 0. The van der Waals surface area contributed by atoms with Crippen molar-refractivity contribution in [2.75, 3.05) is 6.54 Å². The molecule has 0 spiro atoms. The fourth-order valence-electron chi connectivity index (χ4n) is 2.95. The molecule has 1 nitrogen and oxygen atoms in total. The van der Waals surface area contributed by atoms with Crippen molar-refractivity contribution in [1.29, 1.82) is 0 Å². The lowest BCUT2D eigenvalue weighted by molar-refractivity contribution is 0.716. The summed E-state index contributed by atoms with van der Waals surface area (Å²) in [5, 5.41) is 0. The summed E-state index contributed by atoms with van der Waals surface area (Å²) < 4.78 is 0. The van der Waals surface area contributed by atoms with Crippen molar-refractivity contribution in [3.63, 3.8) is 0 Å². The van der Waals surface area contributed by atoms with Crippen LogP contribution in [0.15, 0.2) is 36.4 Å². The van der Waals surface area contributed by atoms with E-state index in [2.05, 4.69) is 64.1 Å². The molecular weight excluding hydrogens is 242 g/mol. The Balaban J connectivity index is 2.56. The van der Waals surface area contributed by atoms with Gasteiger partial charge in [0.2, 0.25) is 0 Å². The molecular formula is C19H25N. The highest BCUT2D eigenvalue weighted by atomic mass is 14.5. The standard InChI is InChI=1S/C19H25N/c1-13-7-5-9-17(15(13)3)19(11-12-20)18-10-6-8-14(2)16(18)4/h5-10,19H,11-12,20H2,1-4H3. The van der Waals surface area contributed by atoms with E-state index in [0.29, 0.717) is 12.5 Å². The molecule has 0 aliphatic rings. The van der Waals surface area contributed by atoms with Gasteiger partial charge in [-0.1, -0.05) is 36.4 Å². The maximum absolute atomic E-state index is 5.88. The van der Waals surface area contributed by atoms with Crippen LogP contribution in [-0.4, -0.2) is 6.54 Å². The maximum Gasteiger partial charge on any atom is 0.0107 e. The Morgan fingerprint density at radius 3 is 1.65 bits per heavy atom. The molecule has 0 saturated heterocycles. The van der Waals surface area contributed by atoms with Gasteiger partial charge in [-0.25, -0.2) is 0 Å². The summed E-state index contributed by atoms with van der Waals surface area (Å²) in [5.74, 6) is 0.403. The van der Waals surface area contributed by atoms with E-state index >= 15 is 0 Å². The average Bonchev–Trinajstić information content (AvgIpc) is 2.43. The topological polar surface area (TPSA) is 26.0 Å². The molecule has 2 rings (SSSR count). The van der Waals surface area contributed by atoms with Crippen LogP contribution in [0.3, 0.4) is 0 Å². The molecule has 2 aromatic rings. The number of rotatable bonds is 4. The molecule has 0 unspecified atom stereocenters. The van der Waals surface area contributed by atoms with Crippen LogP contribution >= 0.6 is 0 Å². The van der Waals surface area contributed by atoms with Crippen LogP contribution in [0, 0.1) is 27.7 Å². The Bertz CT molecular complexity index is 547. The van der Waals surface area contributed by atoms with Gasteiger partial charge in [-0.15, -0.1) is 0 Å². The van der Waals surface area contributed by atoms with Crippen molar-refractivity contribution < 1.29 is 0 Å². The molecule has 106 valence electrons. The van der Waals surface area contributed by atoms with Gasteiger partial charge in [0.05, 0.1) is 0 Å². The summed E-state index contributed by atoms with van der Waals surface area (Å²) in [6, 6.07) is 13.2. The highest BCUT2D eigenvalue weighted by Crippen LogP contribution is 2.33. The van der Waals surface area contributed by atoms with Crippen molar-refractivity contribution in [3.8, 4) is 0 Å². The third kappa shape index (κ3) is 2.78. The predicted octanol–water partition coefficient (Wildman–Crippen LogP) is 4.40. The number of hydrogen-bond donors (Lipinski definition) is 1. The zero-order valence-corrected chi connectivity index (χ0v) is 13.0. The van der Waals surface area contributed by atoms with Crippen molar-refractivity contribution >= 4 is 0 Å². The first-order valence-corrected chi connectivity index (χ1v) is 7.38. The van der Waals surface area contributed by atoms with Gasteiger partial charge in [0.15, 0.2) is 0 Å². The fraction of sp³-hybridized carbons (Fsp3) is 0.368. The van der Waals surface area contributed by atoms with Gasteiger partial charge in [0.1, 0.15) is 0 Å². The maximum atomic E-state index is 5.88. The van der Waals surface area contributed by atoms with Gasteiger partial charge >= 0.3 is 0 Å². The lowest BCUT2D eigenvalue weighted by Gasteiger charge is -2.23. The van der Waals surface area contributed by atoms with Crippen LogP contribution in [0.1, 0.15) is 45.7 Å². The van der Waals surface area contributed by atoms with Crippen LogP contribution in [0.2, 0.25) is 0 Å². The monoisotopic (exact) mass is 267 g/mol. The lowest BCUT2D eigenvalue weighted by atomic mass is 9.82. The Labute approximate surface area is 122 Å². The molecule has 0 saturated carbocycles. The molecule has 0 fully saturated rings. The van der Waals surface area contributed by atoms with Gasteiger partial charge in [0.25, 0.3) is 0 Å². The quantitative estimate of drug-likeness (QED) is 0.873. The average molecular weight is 267 g/mol. The molecule has 0 aliphatic heterocycles. The Morgan fingerprint density at radius 1 is 0.800 bits per heavy atom. The van der Waals surface area contributed by atoms with E-state index in [-0.39, 0.29) is 0 Å². The highest BCUT2D eigenvalue weighted by Gasteiger charge is 2.18. The van der Waals surface area contributed by atoms with E-state index in [1.807, 2.05) is 0 Å². The zero-order valence-electron chi connectivity index (χ0n) is 13.0. The van der Waals surface area contributed by atoms with Crippen LogP contribution in [0.25, 0.3) is 0 Å². The Hall–Kier alpha value is -1.60. The predicted molar refractivity (Wildman–Crippen MR) is 87.3 cm³/mol. The Morgan fingerprint density at radius 2 is 1.25 bits per heavy atom. The first-order valence-electron chi connectivity index (χ1n) is 7.38. The molecule has 0 radical (unpaired) electrons. The third-order valence-corrected chi connectivity index (χ3v) is 4.50. The summed E-state index contributed by atoms with van der Waals surface area (Å²) in [5.41, 5.74) is 14.2. The molecule has 0 bridgehead atoms. The van der Waals surface area contributed by atoms with E-state index in [0.717, 1.165) is 6.42 Å². The Kier molecular flexibility index (Phi) is 4.61. The van der Waals surface area contributed by atoms with E-state index in [1.54, 1.807) is 0 Å². The van der Waals surface area contributed by atoms with Crippen molar-refractivity contribution in [1.82, 2.24) is 0 Å². The molecule has 2 N–H and O–H groups in total. The van der Waals surface area contributed by atoms with Gasteiger partial charge < -0.3 is 5.73 Å². The first-order chi connectivity index (χ1) is 9.56. The molecule has 2 aromatic carbocycles. The molecule has 1 heteroatoms. The second-order valence-corrected chi connectivity index (χ2v) is 5.71. The highest BCUT2D eigenvalue weighted by molar-refractivity contribution is 5.45. The summed E-state index contributed by atoms with van der Waals surface area (Å²) in [6.07, 6.45) is 0.995. The summed E-state index contributed by atoms with van der Waals surface area (Å²) in [6.45, 7) is 9.52. The van der Waals surface area contributed by atoms with E-state index in [4.69, 9.17) is 5.73 Å². The largest absolute Gasteiger partial charge is 0.330 e. The number of hydrogen-bond acceptors (Lipinski definition) is 1. The molecule has 20 heavy (non-hydrogen) atoms. The number of nitrogens with two attached hydrogens (primary N) is 1. The van der Waals surface area contributed by atoms with Crippen LogP contribution in [0.4, 0.5) is 0 Å². The second-order valence-electron chi connectivity index (χ2n) is 5.71. The molecule has 0 heterocycles. The molecule has 0 atom stereocenters. The first kappa shape index (κ1) is 14.8. The number of benzene rings is 2. The van der Waals surface area contributed by atoms with Gasteiger partial charge in [-0.05, 0) is 74.0 Å². The van der Waals surface area contributed by atoms with E-state index < -0.39 is 0 Å². The second kappa shape index (κ2) is 6.23. The molecule has 0 amide bonds. The smallest absolute Gasteiger partial charge is 0.0107 e. The van der Waals surface area contributed by atoms with Crippen molar-refractivity contribution in [3.05, 3.63) is 69.8 Å². The minimum atomic E-state index is 0.403. The fourth-order valence-corrected chi connectivity index (χ4v) is 2.95. The minimum absolute atomic E-state index is 0.403. The van der Waals surface area contributed by atoms with E-state index in [9.17, 15) is 0 Å². The van der Waals surface area contributed by atoms with Crippen molar-refractivity contribution in [2.24, 2.45) is 5.73 Å². The van der Waals surface area contributed by atoms with Gasteiger partial charge in [-0.3, -0.25) is 0 Å². The van der Waals surface area contributed by atoms with Gasteiger partial charge in [-0.2, -0.15) is 0 Å². The van der Waals surface area contributed by atoms with E-state index in [1.165, 1.54) is 33.4 Å².